The summed E-state index contributed by atoms with van der Waals surface area (Å²) in [5.74, 6) is -4.23. The summed E-state index contributed by atoms with van der Waals surface area (Å²) >= 11 is 0. The molecule has 1 aliphatic heterocycles. The van der Waals surface area contributed by atoms with Crippen LogP contribution in [-0.4, -0.2) is 102 Å². The summed E-state index contributed by atoms with van der Waals surface area (Å²) in [5, 5.41) is 10.3. The molecule has 14 nitrogen and oxygen atoms in total. The normalized spacial score (nSPS) is 18.8. The Bertz CT molecular complexity index is 1460. The summed E-state index contributed by atoms with van der Waals surface area (Å²) in [5.41, 5.74) is -2.95. The van der Waals surface area contributed by atoms with Gasteiger partial charge in [-0.15, -0.1) is 0 Å². The zero-order valence-corrected chi connectivity index (χ0v) is 32.3. The van der Waals surface area contributed by atoms with Crippen LogP contribution in [0.5, 0.6) is 0 Å². The molecule has 284 valence electrons. The van der Waals surface area contributed by atoms with Gasteiger partial charge in [0.25, 0.3) is 5.91 Å². The van der Waals surface area contributed by atoms with E-state index >= 15 is 0 Å². The molecule has 2 rings (SSSR count). The molecule has 1 aromatic rings. The molecule has 0 saturated carbocycles. The van der Waals surface area contributed by atoms with E-state index in [9.17, 15) is 33.6 Å². The number of likely N-dealkylation sites (N-methyl/N-ethyl adjacent to an activating group) is 1. The number of hydrogen-bond acceptors (Lipinski definition) is 8. The zero-order chi connectivity index (χ0) is 39.1. The van der Waals surface area contributed by atoms with E-state index in [-0.39, 0.29) is 25.3 Å². The highest BCUT2D eigenvalue weighted by atomic mass is 16.6. The molecule has 0 aromatic heterocycles. The molecule has 0 spiro atoms. The van der Waals surface area contributed by atoms with Crippen molar-refractivity contribution in [3.8, 4) is 0 Å². The Morgan fingerprint density at radius 3 is 2.00 bits per heavy atom. The number of benzene rings is 1. The number of carbonyl (C=O) groups excluding carboxylic acids is 7. The first-order valence-corrected chi connectivity index (χ1v) is 17.3. The van der Waals surface area contributed by atoms with E-state index in [1.165, 1.54) is 9.80 Å². The van der Waals surface area contributed by atoms with Gasteiger partial charge in [-0.25, -0.2) is 4.79 Å². The SMILES string of the molecule is CCCC(NC(=O)C1(C)CC(C)(C)CN1C(=O)C(NC(=O)OC(C)(C)C)C(C)(C)C)C(=O)C(=O)NCC(=O)N[C@H](C(=O)N(C)C)c1ccccc1. The first kappa shape index (κ1) is 42.7. The summed E-state index contributed by atoms with van der Waals surface area (Å²) in [6.07, 6.45) is 0.0327. The van der Waals surface area contributed by atoms with E-state index in [4.69, 9.17) is 4.74 Å². The predicted molar refractivity (Wildman–Crippen MR) is 192 cm³/mol. The van der Waals surface area contributed by atoms with E-state index in [1.807, 2.05) is 13.8 Å². The first-order chi connectivity index (χ1) is 23.3. The molecular formula is C37H58N6O8. The van der Waals surface area contributed by atoms with E-state index in [1.54, 1.807) is 99.8 Å². The van der Waals surface area contributed by atoms with Crippen LogP contribution in [0.3, 0.4) is 0 Å². The van der Waals surface area contributed by atoms with E-state index in [0.29, 0.717) is 12.0 Å². The highest BCUT2D eigenvalue weighted by Crippen LogP contribution is 2.42. The number of alkyl carbamates (subject to hydrolysis) is 1. The van der Waals surface area contributed by atoms with Crippen LogP contribution in [0.4, 0.5) is 4.79 Å². The lowest BCUT2D eigenvalue weighted by Gasteiger charge is -2.40. The molecule has 0 radical (unpaired) electrons. The number of ketones is 1. The van der Waals surface area contributed by atoms with Gasteiger partial charge < -0.3 is 35.8 Å². The van der Waals surface area contributed by atoms with Crippen molar-refractivity contribution in [2.45, 2.75) is 118 Å². The molecule has 1 heterocycles. The second-order valence-corrected chi connectivity index (χ2v) is 16.5. The maximum Gasteiger partial charge on any atom is 0.408 e. The molecule has 0 bridgehead atoms. The van der Waals surface area contributed by atoms with Gasteiger partial charge in [-0.05, 0) is 56.9 Å². The molecule has 14 heteroatoms. The van der Waals surface area contributed by atoms with Gasteiger partial charge in [0.15, 0.2) is 0 Å². The quantitative estimate of drug-likeness (QED) is 0.225. The standard InChI is InChI=1S/C37H58N6O8/c1-13-17-24(27(45)29(46)38-20-25(44)40-26(30(47)42(11)12)23-18-15-14-16-19-23)39-32(49)37(10)21-36(8,9)22-43(37)31(48)28(34(2,3)4)41-33(50)51-35(5,6)7/h14-16,18-19,24,26,28H,13,17,20-22H2,1-12H3,(H,38,46)(H,39,49)(H,40,44)(H,41,50)/t24?,26-,28?,37?/m0/s1. The molecule has 51 heavy (non-hydrogen) atoms. The fourth-order valence-corrected chi connectivity index (χ4v) is 6.12. The summed E-state index contributed by atoms with van der Waals surface area (Å²) in [6.45, 7) is 17.4. The van der Waals surface area contributed by atoms with Crippen LogP contribution in [0.25, 0.3) is 0 Å². The van der Waals surface area contributed by atoms with Gasteiger partial charge in [-0.1, -0.05) is 78.3 Å². The number of carbonyl (C=O) groups is 7. The molecule has 1 aliphatic rings. The maximum absolute atomic E-state index is 14.2. The van der Waals surface area contributed by atoms with Crippen molar-refractivity contribution in [3.63, 3.8) is 0 Å². The van der Waals surface area contributed by atoms with Gasteiger partial charge in [-0.3, -0.25) is 28.8 Å². The number of amides is 6. The van der Waals surface area contributed by atoms with E-state index in [2.05, 4.69) is 21.3 Å². The van der Waals surface area contributed by atoms with Gasteiger partial charge in [0.05, 0.1) is 12.6 Å². The van der Waals surface area contributed by atoms with Crippen molar-refractivity contribution in [3.05, 3.63) is 35.9 Å². The van der Waals surface area contributed by atoms with Crippen molar-refractivity contribution in [2.75, 3.05) is 27.2 Å². The van der Waals surface area contributed by atoms with Crippen molar-refractivity contribution < 1.29 is 38.3 Å². The van der Waals surface area contributed by atoms with E-state index < -0.39 is 82.1 Å². The van der Waals surface area contributed by atoms with Crippen LogP contribution < -0.4 is 21.3 Å². The van der Waals surface area contributed by atoms with Crippen molar-refractivity contribution in [2.24, 2.45) is 10.8 Å². The highest BCUT2D eigenvalue weighted by molar-refractivity contribution is 6.38. The molecule has 6 amide bonds. The minimum Gasteiger partial charge on any atom is -0.444 e. The van der Waals surface area contributed by atoms with Crippen LogP contribution in [0.1, 0.15) is 100 Å². The zero-order valence-electron chi connectivity index (χ0n) is 32.3. The number of rotatable bonds is 13. The number of nitrogens with one attached hydrogen (secondary N) is 4. The Hall–Kier alpha value is -4.49. The van der Waals surface area contributed by atoms with Gasteiger partial charge in [0.1, 0.15) is 23.2 Å². The minimum atomic E-state index is -1.44. The third-order valence-corrected chi connectivity index (χ3v) is 8.49. The summed E-state index contributed by atoms with van der Waals surface area (Å²) in [7, 11) is 3.11. The van der Waals surface area contributed by atoms with Gasteiger partial charge in [0.2, 0.25) is 29.4 Å². The third kappa shape index (κ3) is 11.8. The topological polar surface area (TPSA) is 183 Å². The lowest BCUT2D eigenvalue weighted by Crippen LogP contribution is -2.63. The van der Waals surface area contributed by atoms with E-state index in [0.717, 1.165) is 0 Å². The fourth-order valence-electron chi connectivity index (χ4n) is 6.12. The average Bonchev–Trinajstić information content (AvgIpc) is 3.28. The van der Waals surface area contributed by atoms with Gasteiger partial charge in [0, 0.05) is 20.6 Å². The van der Waals surface area contributed by atoms with Crippen molar-refractivity contribution in [1.82, 2.24) is 31.1 Å². The molecule has 1 fully saturated rings. The third-order valence-electron chi connectivity index (χ3n) is 8.49. The van der Waals surface area contributed by atoms with Gasteiger partial charge in [-0.2, -0.15) is 0 Å². The second kappa shape index (κ2) is 16.7. The monoisotopic (exact) mass is 714 g/mol. The van der Waals surface area contributed by atoms with Crippen LogP contribution in [0, 0.1) is 10.8 Å². The van der Waals surface area contributed by atoms with Crippen LogP contribution in [-0.2, 0) is 33.5 Å². The largest absolute Gasteiger partial charge is 0.444 e. The lowest BCUT2D eigenvalue weighted by molar-refractivity contribution is -0.148. The summed E-state index contributed by atoms with van der Waals surface area (Å²) < 4.78 is 5.42. The van der Waals surface area contributed by atoms with Crippen LogP contribution in [0.15, 0.2) is 30.3 Å². The number of likely N-dealkylation sites (tertiary alicyclic amines) is 1. The second-order valence-electron chi connectivity index (χ2n) is 16.5. The Morgan fingerprint density at radius 1 is 0.902 bits per heavy atom. The van der Waals surface area contributed by atoms with Crippen LogP contribution in [0.2, 0.25) is 0 Å². The Kier molecular flexibility index (Phi) is 14.0. The summed E-state index contributed by atoms with van der Waals surface area (Å²) in [6, 6.07) is 5.31. The van der Waals surface area contributed by atoms with Crippen LogP contribution >= 0.6 is 0 Å². The molecular weight excluding hydrogens is 656 g/mol. The minimum absolute atomic E-state index is 0.121. The molecule has 0 aliphatic carbocycles. The molecule has 1 aromatic carbocycles. The average molecular weight is 715 g/mol. The lowest BCUT2D eigenvalue weighted by atomic mass is 9.83. The smallest absolute Gasteiger partial charge is 0.408 e. The van der Waals surface area contributed by atoms with Crippen molar-refractivity contribution in [1.29, 1.82) is 0 Å². The fraction of sp³-hybridized carbons (Fsp3) is 0.649. The summed E-state index contributed by atoms with van der Waals surface area (Å²) in [4.78, 5) is 96.0. The van der Waals surface area contributed by atoms with Crippen molar-refractivity contribution >= 4 is 41.4 Å². The predicted octanol–water partition coefficient (Wildman–Crippen LogP) is 2.86. The maximum atomic E-state index is 14.2. The highest BCUT2D eigenvalue weighted by Gasteiger charge is 2.55. The number of ether oxygens (including phenoxy) is 1. The molecule has 4 N–H and O–H groups in total. The number of nitrogens with zero attached hydrogens (tertiary/aromatic N) is 2. The Balaban J connectivity index is 2.24. The molecule has 1 saturated heterocycles. The van der Waals surface area contributed by atoms with Gasteiger partial charge >= 0.3 is 6.09 Å². The molecule has 3 unspecified atom stereocenters. The number of hydrogen-bond donors (Lipinski definition) is 4. The number of Topliss-reactive ketones (excluding diaryl/α,β-unsaturated/α-hetero) is 1. The molecule has 4 atom stereocenters. The Labute approximate surface area is 302 Å². The first-order valence-electron chi connectivity index (χ1n) is 17.3. The Morgan fingerprint density at radius 2 is 1.49 bits per heavy atom.